The van der Waals surface area contributed by atoms with Crippen LogP contribution >= 0.6 is 11.6 Å². The molecule has 0 bridgehead atoms. The quantitative estimate of drug-likeness (QED) is 0.851. The lowest BCUT2D eigenvalue weighted by atomic mass is 10.2. The molecule has 6 heteroatoms. The summed E-state index contributed by atoms with van der Waals surface area (Å²) in [5, 5.41) is 3.16. The van der Waals surface area contributed by atoms with Crippen LogP contribution in [0.5, 0.6) is 11.5 Å². The Morgan fingerprint density at radius 2 is 1.71 bits per heavy atom. The Kier molecular flexibility index (Phi) is 4.55. The largest absolute Gasteiger partial charge is 0.495 e. The number of rotatable bonds is 4. The molecule has 0 aliphatic rings. The first kappa shape index (κ1) is 15.0. The predicted octanol–water partition coefficient (Wildman–Crippen LogP) is 3.19. The molecule has 0 fully saturated rings. The molecule has 2 aromatic carbocycles. The summed E-state index contributed by atoms with van der Waals surface area (Å²) in [5.41, 5.74) is 7.15. The minimum Gasteiger partial charge on any atom is -0.495 e. The molecule has 0 radical (unpaired) electrons. The standard InChI is InChI=1S/C15H15ClN2O3/c1-20-13-8-12(14(21-2)7-11(13)16)18-15(19)9-3-5-10(17)6-4-9/h3-8H,17H2,1-2H3,(H,18,19). The number of halogens is 1. The molecule has 0 saturated carbocycles. The van der Waals surface area contributed by atoms with Gasteiger partial charge in [-0.05, 0) is 24.3 Å². The highest BCUT2D eigenvalue weighted by molar-refractivity contribution is 6.32. The second kappa shape index (κ2) is 6.37. The Hall–Kier alpha value is -2.40. The van der Waals surface area contributed by atoms with E-state index >= 15 is 0 Å². The van der Waals surface area contributed by atoms with Crippen molar-refractivity contribution in [3.63, 3.8) is 0 Å². The monoisotopic (exact) mass is 306 g/mol. The first-order chi connectivity index (χ1) is 10.0. The molecule has 1 amide bonds. The summed E-state index contributed by atoms with van der Waals surface area (Å²) in [6.07, 6.45) is 0. The van der Waals surface area contributed by atoms with Crippen molar-refractivity contribution >= 4 is 28.9 Å². The lowest BCUT2D eigenvalue weighted by molar-refractivity contribution is 0.102. The van der Waals surface area contributed by atoms with Crippen LogP contribution in [0.3, 0.4) is 0 Å². The van der Waals surface area contributed by atoms with E-state index < -0.39 is 0 Å². The van der Waals surface area contributed by atoms with Gasteiger partial charge >= 0.3 is 0 Å². The number of anilines is 2. The van der Waals surface area contributed by atoms with Gasteiger partial charge in [0.2, 0.25) is 0 Å². The lowest BCUT2D eigenvalue weighted by Crippen LogP contribution is -2.12. The summed E-state index contributed by atoms with van der Waals surface area (Å²) in [6.45, 7) is 0. The number of nitrogens with one attached hydrogen (secondary N) is 1. The molecular weight excluding hydrogens is 292 g/mol. The van der Waals surface area contributed by atoms with E-state index in [1.54, 1.807) is 36.4 Å². The van der Waals surface area contributed by atoms with Crippen LogP contribution in [0.25, 0.3) is 0 Å². The zero-order chi connectivity index (χ0) is 15.4. The maximum Gasteiger partial charge on any atom is 0.255 e. The molecule has 5 nitrogen and oxygen atoms in total. The Morgan fingerprint density at radius 1 is 1.10 bits per heavy atom. The van der Waals surface area contributed by atoms with Gasteiger partial charge in [-0.1, -0.05) is 11.6 Å². The van der Waals surface area contributed by atoms with Crippen molar-refractivity contribution in [3.05, 3.63) is 47.0 Å². The van der Waals surface area contributed by atoms with Crippen molar-refractivity contribution in [1.82, 2.24) is 0 Å². The minimum absolute atomic E-state index is 0.280. The van der Waals surface area contributed by atoms with Crippen LogP contribution in [0.4, 0.5) is 11.4 Å². The van der Waals surface area contributed by atoms with Crippen molar-refractivity contribution in [2.75, 3.05) is 25.3 Å². The third kappa shape index (κ3) is 3.38. The average molecular weight is 307 g/mol. The van der Waals surface area contributed by atoms with Crippen LogP contribution in [-0.2, 0) is 0 Å². The number of carbonyl (C=O) groups is 1. The summed E-state index contributed by atoms with van der Waals surface area (Å²) in [5.74, 6) is 0.618. The summed E-state index contributed by atoms with van der Waals surface area (Å²) >= 11 is 6.02. The lowest BCUT2D eigenvalue weighted by Gasteiger charge is -2.13. The topological polar surface area (TPSA) is 73.6 Å². The third-order valence-electron chi connectivity index (χ3n) is 2.89. The highest BCUT2D eigenvalue weighted by Crippen LogP contribution is 2.36. The van der Waals surface area contributed by atoms with E-state index in [2.05, 4.69) is 5.32 Å². The molecule has 0 saturated heterocycles. The van der Waals surface area contributed by atoms with Crippen molar-refractivity contribution in [3.8, 4) is 11.5 Å². The number of nitrogens with two attached hydrogens (primary N) is 1. The maximum absolute atomic E-state index is 12.2. The molecule has 0 aromatic heterocycles. The van der Waals surface area contributed by atoms with E-state index in [0.717, 1.165) is 0 Å². The predicted molar refractivity (Wildman–Crippen MR) is 83.4 cm³/mol. The van der Waals surface area contributed by atoms with Gasteiger partial charge in [-0.3, -0.25) is 4.79 Å². The minimum atomic E-state index is -0.280. The van der Waals surface area contributed by atoms with Gasteiger partial charge in [-0.25, -0.2) is 0 Å². The fraction of sp³-hybridized carbons (Fsp3) is 0.133. The Labute approximate surface area is 127 Å². The van der Waals surface area contributed by atoms with Gasteiger partial charge < -0.3 is 20.5 Å². The van der Waals surface area contributed by atoms with Gasteiger partial charge in [0.25, 0.3) is 5.91 Å². The normalized spacial score (nSPS) is 10.0. The summed E-state index contributed by atoms with van der Waals surface area (Å²) < 4.78 is 10.3. The molecule has 110 valence electrons. The third-order valence-corrected chi connectivity index (χ3v) is 3.19. The SMILES string of the molecule is COc1cc(NC(=O)c2ccc(N)cc2)c(OC)cc1Cl. The number of ether oxygens (including phenoxy) is 2. The number of carbonyl (C=O) groups excluding carboxylic acids is 1. The van der Waals surface area contributed by atoms with E-state index in [0.29, 0.717) is 33.5 Å². The molecule has 0 spiro atoms. The zero-order valence-corrected chi connectivity index (χ0v) is 12.4. The Bertz CT molecular complexity index is 657. The number of amides is 1. The van der Waals surface area contributed by atoms with Gasteiger partial charge in [-0.2, -0.15) is 0 Å². The average Bonchev–Trinajstić information content (AvgIpc) is 2.49. The fourth-order valence-corrected chi connectivity index (χ4v) is 2.02. The van der Waals surface area contributed by atoms with E-state index in [-0.39, 0.29) is 5.91 Å². The smallest absolute Gasteiger partial charge is 0.255 e. The molecule has 2 aromatic rings. The Morgan fingerprint density at radius 3 is 2.29 bits per heavy atom. The molecule has 0 aliphatic carbocycles. The number of benzene rings is 2. The van der Waals surface area contributed by atoms with Crippen LogP contribution in [0, 0.1) is 0 Å². The summed E-state index contributed by atoms with van der Waals surface area (Å²) in [7, 11) is 3.00. The van der Waals surface area contributed by atoms with Crippen LogP contribution in [0.1, 0.15) is 10.4 Å². The van der Waals surface area contributed by atoms with E-state index in [1.165, 1.54) is 14.2 Å². The van der Waals surface area contributed by atoms with Gasteiger partial charge in [0, 0.05) is 23.4 Å². The van der Waals surface area contributed by atoms with Crippen molar-refractivity contribution < 1.29 is 14.3 Å². The first-order valence-corrected chi connectivity index (χ1v) is 6.51. The molecule has 2 rings (SSSR count). The second-order valence-electron chi connectivity index (χ2n) is 4.26. The molecule has 0 unspecified atom stereocenters. The van der Waals surface area contributed by atoms with Crippen molar-refractivity contribution in [2.24, 2.45) is 0 Å². The Balaban J connectivity index is 2.29. The van der Waals surface area contributed by atoms with Crippen LogP contribution in [0.15, 0.2) is 36.4 Å². The van der Waals surface area contributed by atoms with Crippen molar-refractivity contribution in [1.29, 1.82) is 0 Å². The molecule has 0 aliphatic heterocycles. The van der Waals surface area contributed by atoms with Crippen LogP contribution in [0.2, 0.25) is 5.02 Å². The number of hydrogen-bond acceptors (Lipinski definition) is 4. The summed E-state index contributed by atoms with van der Waals surface area (Å²) in [6, 6.07) is 9.80. The van der Waals surface area contributed by atoms with E-state index in [4.69, 9.17) is 26.8 Å². The maximum atomic E-state index is 12.2. The molecule has 3 N–H and O–H groups in total. The van der Waals surface area contributed by atoms with E-state index in [1.807, 2.05) is 0 Å². The molecular formula is C15H15ClN2O3. The van der Waals surface area contributed by atoms with Crippen molar-refractivity contribution in [2.45, 2.75) is 0 Å². The van der Waals surface area contributed by atoms with Crippen LogP contribution < -0.4 is 20.5 Å². The number of methoxy groups -OCH3 is 2. The van der Waals surface area contributed by atoms with Gasteiger partial charge in [0.15, 0.2) is 0 Å². The van der Waals surface area contributed by atoms with Gasteiger partial charge in [0.05, 0.1) is 24.9 Å². The van der Waals surface area contributed by atoms with Gasteiger partial charge in [-0.15, -0.1) is 0 Å². The molecule has 21 heavy (non-hydrogen) atoms. The molecule has 0 atom stereocenters. The van der Waals surface area contributed by atoms with Gasteiger partial charge in [0.1, 0.15) is 11.5 Å². The fourth-order valence-electron chi connectivity index (χ4n) is 1.79. The van der Waals surface area contributed by atoms with Crippen LogP contribution in [-0.4, -0.2) is 20.1 Å². The second-order valence-corrected chi connectivity index (χ2v) is 4.67. The zero-order valence-electron chi connectivity index (χ0n) is 11.6. The highest BCUT2D eigenvalue weighted by Gasteiger charge is 2.13. The van der Waals surface area contributed by atoms with E-state index in [9.17, 15) is 4.79 Å². The molecule has 0 heterocycles. The first-order valence-electron chi connectivity index (χ1n) is 6.13. The number of nitrogen functional groups attached to an aromatic ring is 1. The summed E-state index contributed by atoms with van der Waals surface area (Å²) in [4.78, 5) is 12.2. The number of hydrogen-bond donors (Lipinski definition) is 2. The highest BCUT2D eigenvalue weighted by atomic mass is 35.5.